The van der Waals surface area contributed by atoms with Crippen molar-refractivity contribution in [3.63, 3.8) is 0 Å². The van der Waals surface area contributed by atoms with Crippen LogP contribution < -0.4 is 0 Å². The van der Waals surface area contributed by atoms with Crippen molar-refractivity contribution in [1.82, 2.24) is 4.90 Å². The molecule has 0 aromatic carbocycles. The molecule has 0 aromatic rings. The van der Waals surface area contributed by atoms with Crippen molar-refractivity contribution in [1.29, 1.82) is 0 Å². The molecule has 0 aromatic heterocycles. The maximum absolute atomic E-state index is 12.1. The molecule has 92 valence electrons. The van der Waals surface area contributed by atoms with Gasteiger partial charge in [-0.15, -0.1) is 0 Å². The Kier molecular flexibility index (Phi) is 3.05. The van der Waals surface area contributed by atoms with Crippen molar-refractivity contribution in [2.24, 2.45) is 5.41 Å². The number of cyclic esters (lactones) is 1. The van der Waals surface area contributed by atoms with Gasteiger partial charge in [-0.1, -0.05) is 20.8 Å². The number of ether oxygens (including phenoxy) is 1. The molecule has 0 aliphatic carbocycles. The molecular formula is C12H21NO3. The second kappa shape index (κ2) is 3.75. The number of amides is 2. The standard InChI is InChI=1S/C12H21NO3/c1-7-12(5,6)8-9(14)13(10(15)16-8)11(2,3)4/h8H,7H2,1-6H3. The van der Waals surface area contributed by atoms with Gasteiger partial charge in [0.25, 0.3) is 5.91 Å². The molecule has 1 atom stereocenters. The van der Waals surface area contributed by atoms with Gasteiger partial charge in [0, 0.05) is 11.0 Å². The quantitative estimate of drug-likeness (QED) is 0.728. The summed E-state index contributed by atoms with van der Waals surface area (Å²) in [6.07, 6.45) is -0.387. The van der Waals surface area contributed by atoms with Gasteiger partial charge in [-0.3, -0.25) is 4.79 Å². The van der Waals surface area contributed by atoms with E-state index in [1.54, 1.807) is 0 Å². The second-order valence-corrected chi connectivity index (χ2v) is 5.95. The van der Waals surface area contributed by atoms with Crippen molar-refractivity contribution in [2.45, 2.75) is 59.6 Å². The second-order valence-electron chi connectivity index (χ2n) is 5.95. The van der Waals surface area contributed by atoms with Crippen molar-refractivity contribution >= 4 is 12.0 Å². The van der Waals surface area contributed by atoms with Crippen LogP contribution in [0.3, 0.4) is 0 Å². The predicted octanol–water partition coefficient (Wildman–Crippen LogP) is 2.57. The Morgan fingerprint density at radius 3 is 2.00 bits per heavy atom. The van der Waals surface area contributed by atoms with E-state index in [1.165, 1.54) is 4.90 Å². The first kappa shape index (κ1) is 13.0. The van der Waals surface area contributed by atoms with Gasteiger partial charge in [0.05, 0.1) is 0 Å². The zero-order valence-electron chi connectivity index (χ0n) is 11.0. The SMILES string of the molecule is CCC(C)(C)C1OC(=O)N(C(C)(C)C)C1=O. The van der Waals surface area contributed by atoms with Gasteiger partial charge in [-0.2, -0.15) is 0 Å². The smallest absolute Gasteiger partial charge is 0.417 e. The normalized spacial score (nSPS) is 22.6. The fourth-order valence-corrected chi connectivity index (χ4v) is 1.69. The third kappa shape index (κ3) is 2.06. The summed E-state index contributed by atoms with van der Waals surface area (Å²) in [6, 6.07) is 0. The lowest BCUT2D eigenvalue weighted by Gasteiger charge is -2.29. The number of nitrogens with zero attached hydrogens (tertiary/aromatic N) is 1. The highest BCUT2D eigenvalue weighted by Crippen LogP contribution is 2.35. The first-order valence-electron chi connectivity index (χ1n) is 5.66. The van der Waals surface area contributed by atoms with Crippen LogP contribution in [-0.2, 0) is 9.53 Å². The Labute approximate surface area is 96.9 Å². The molecule has 1 fully saturated rings. The van der Waals surface area contributed by atoms with E-state index in [9.17, 15) is 9.59 Å². The monoisotopic (exact) mass is 227 g/mol. The van der Waals surface area contributed by atoms with Crippen LogP contribution in [0.15, 0.2) is 0 Å². The molecule has 2 amide bonds. The fraction of sp³-hybridized carbons (Fsp3) is 0.833. The van der Waals surface area contributed by atoms with E-state index in [0.717, 1.165) is 6.42 Å². The number of rotatable bonds is 2. The van der Waals surface area contributed by atoms with E-state index in [2.05, 4.69) is 0 Å². The molecule has 1 saturated heterocycles. The van der Waals surface area contributed by atoms with Crippen LogP contribution in [0.25, 0.3) is 0 Å². The van der Waals surface area contributed by atoms with E-state index in [-0.39, 0.29) is 11.3 Å². The number of carbonyl (C=O) groups excluding carboxylic acids is 2. The Balaban J connectivity index is 3.00. The average molecular weight is 227 g/mol. The minimum Gasteiger partial charge on any atom is -0.435 e. The number of imide groups is 1. The van der Waals surface area contributed by atoms with E-state index in [0.29, 0.717) is 0 Å². The van der Waals surface area contributed by atoms with E-state index in [1.807, 2.05) is 41.5 Å². The van der Waals surface area contributed by atoms with Crippen LogP contribution >= 0.6 is 0 Å². The molecule has 1 unspecified atom stereocenters. The van der Waals surface area contributed by atoms with Crippen molar-refractivity contribution in [3.8, 4) is 0 Å². The molecule has 0 bridgehead atoms. The molecule has 0 saturated carbocycles. The summed E-state index contributed by atoms with van der Waals surface area (Å²) in [5, 5.41) is 0. The minimum atomic E-state index is -0.649. The molecule has 1 aliphatic heterocycles. The van der Waals surface area contributed by atoms with Crippen LogP contribution in [0.4, 0.5) is 4.79 Å². The number of carbonyl (C=O) groups is 2. The Hall–Kier alpha value is -1.06. The minimum absolute atomic E-state index is 0.218. The topological polar surface area (TPSA) is 46.6 Å². The third-order valence-electron chi connectivity index (χ3n) is 3.14. The van der Waals surface area contributed by atoms with Gasteiger partial charge in [0.15, 0.2) is 6.10 Å². The Morgan fingerprint density at radius 1 is 1.19 bits per heavy atom. The lowest BCUT2D eigenvalue weighted by atomic mass is 9.83. The molecule has 4 heteroatoms. The summed E-state index contributed by atoms with van der Waals surface area (Å²) in [4.78, 5) is 25.1. The molecule has 1 rings (SSSR count). The number of hydrogen-bond donors (Lipinski definition) is 0. The molecule has 1 aliphatic rings. The summed E-state index contributed by atoms with van der Waals surface area (Å²) in [5.74, 6) is -0.218. The molecule has 0 spiro atoms. The Morgan fingerprint density at radius 2 is 1.69 bits per heavy atom. The van der Waals surface area contributed by atoms with E-state index >= 15 is 0 Å². The van der Waals surface area contributed by atoms with Crippen LogP contribution in [-0.4, -0.2) is 28.5 Å². The summed E-state index contributed by atoms with van der Waals surface area (Å²) >= 11 is 0. The predicted molar refractivity (Wildman–Crippen MR) is 60.9 cm³/mol. The van der Waals surface area contributed by atoms with Crippen molar-refractivity contribution < 1.29 is 14.3 Å². The molecular weight excluding hydrogens is 206 g/mol. The lowest BCUT2D eigenvalue weighted by Crippen LogP contribution is -2.47. The summed E-state index contributed by atoms with van der Waals surface area (Å²) < 4.78 is 5.21. The van der Waals surface area contributed by atoms with Gasteiger partial charge in [0.2, 0.25) is 0 Å². The van der Waals surface area contributed by atoms with Gasteiger partial charge < -0.3 is 4.74 Å². The first-order chi connectivity index (χ1) is 7.11. The molecule has 0 radical (unpaired) electrons. The molecule has 0 N–H and O–H groups in total. The molecule has 16 heavy (non-hydrogen) atoms. The Bertz CT molecular complexity index is 315. The highest BCUT2D eigenvalue weighted by Gasteiger charge is 2.51. The van der Waals surface area contributed by atoms with Gasteiger partial charge in [0.1, 0.15) is 0 Å². The van der Waals surface area contributed by atoms with Crippen LogP contribution in [0.5, 0.6) is 0 Å². The van der Waals surface area contributed by atoms with Crippen molar-refractivity contribution in [3.05, 3.63) is 0 Å². The highest BCUT2D eigenvalue weighted by molar-refractivity contribution is 6.01. The van der Waals surface area contributed by atoms with Crippen LogP contribution in [0.2, 0.25) is 0 Å². The fourth-order valence-electron chi connectivity index (χ4n) is 1.69. The molecule has 4 nitrogen and oxygen atoms in total. The largest absolute Gasteiger partial charge is 0.435 e. The maximum Gasteiger partial charge on any atom is 0.417 e. The van der Waals surface area contributed by atoms with Gasteiger partial charge in [-0.05, 0) is 27.2 Å². The van der Waals surface area contributed by atoms with E-state index < -0.39 is 17.7 Å². The third-order valence-corrected chi connectivity index (χ3v) is 3.14. The summed E-state index contributed by atoms with van der Waals surface area (Å²) in [5.41, 5.74) is -0.834. The van der Waals surface area contributed by atoms with Crippen molar-refractivity contribution in [2.75, 3.05) is 0 Å². The van der Waals surface area contributed by atoms with Crippen LogP contribution in [0, 0.1) is 5.41 Å². The summed E-state index contributed by atoms with van der Waals surface area (Å²) in [6.45, 7) is 11.3. The first-order valence-corrected chi connectivity index (χ1v) is 5.66. The van der Waals surface area contributed by atoms with E-state index in [4.69, 9.17) is 4.74 Å². The lowest BCUT2D eigenvalue weighted by molar-refractivity contribution is -0.136. The zero-order valence-corrected chi connectivity index (χ0v) is 11.0. The van der Waals surface area contributed by atoms with Crippen LogP contribution in [0.1, 0.15) is 48.0 Å². The average Bonchev–Trinajstić information content (AvgIpc) is 2.41. The van der Waals surface area contributed by atoms with Gasteiger partial charge >= 0.3 is 6.09 Å². The summed E-state index contributed by atoms with van der Waals surface area (Å²) in [7, 11) is 0. The van der Waals surface area contributed by atoms with Gasteiger partial charge in [-0.25, -0.2) is 9.69 Å². The highest BCUT2D eigenvalue weighted by atomic mass is 16.6. The zero-order chi connectivity index (χ0) is 12.7. The number of hydrogen-bond acceptors (Lipinski definition) is 3. The maximum atomic E-state index is 12.1. The molecule has 1 heterocycles.